The molecule has 5 heteroatoms. The van der Waals surface area contributed by atoms with Crippen LogP contribution in [0, 0.1) is 5.92 Å². The molecule has 1 aromatic rings. The second kappa shape index (κ2) is 5.04. The number of hydrogen-bond donors (Lipinski definition) is 1. The van der Waals surface area contributed by atoms with E-state index < -0.39 is 17.6 Å². The van der Waals surface area contributed by atoms with Crippen LogP contribution in [-0.4, -0.2) is 13.3 Å². The van der Waals surface area contributed by atoms with Crippen molar-refractivity contribution >= 4 is 0 Å². The Hall–Kier alpha value is -1.23. The highest BCUT2D eigenvalue weighted by Gasteiger charge is 2.45. The van der Waals surface area contributed by atoms with E-state index in [4.69, 9.17) is 10.5 Å². The first-order valence-corrected chi connectivity index (χ1v) is 6.36. The largest absolute Gasteiger partial charge is 0.496 e. The third-order valence-electron chi connectivity index (χ3n) is 3.98. The highest BCUT2D eigenvalue weighted by atomic mass is 19.4. The van der Waals surface area contributed by atoms with E-state index >= 15 is 0 Å². The summed E-state index contributed by atoms with van der Waals surface area (Å²) in [6.45, 7) is 0. The summed E-state index contributed by atoms with van der Waals surface area (Å²) in [4.78, 5) is 0. The zero-order valence-corrected chi connectivity index (χ0v) is 10.8. The Bertz CT molecular complexity index is 437. The Morgan fingerprint density at radius 3 is 2.32 bits per heavy atom. The Morgan fingerprint density at radius 1 is 1.21 bits per heavy atom. The molecule has 0 heterocycles. The number of halogens is 3. The third kappa shape index (κ3) is 2.86. The molecule has 0 unspecified atom stereocenters. The lowest BCUT2D eigenvalue weighted by molar-refractivity contribution is -0.184. The van der Waals surface area contributed by atoms with E-state index in [0.717, 1.165) is 5.56 Å². The average molecular weight is 273 g/mol. The average Bonchev–Trinajstić information content (AvgIpc) is 2.38. The van der Waals surface area contributed by atoms with Gasteiger partial charge in [0.25, 0.3) is 0 Å². The van der Waals surface area contributed by atoms with Crippen LogP contribution in [0.5, 0.6) is 5.75 Å². The van der Waals surface area contributed by atoms with Gasteiger partial charge in [0.15, 0.2) is 0 Å². The minimum Gasteiger partial charge on any atom is -0.496 e. The van der Waals surface area contributed by atoms with Crippen LogP contribution in [0.2, 0.25) is 0 Å². The standard InChI is InChI=1S/C14H18F3NO/c1-19-12-5-3-2-4-11(12)13(18)8-6-10(7-9-13)14(15,16)17/h2-5,10H,6-9,18H2,1H3. The molecule has 0 atom stereocenters. The zero-order valence-electron chi connectivity index (χ0n) is 10.8. The monoisotopic (exact) mass is 273 g/mol. The Kier molecular flexibility index (Phi) is 3.76. The molecular weight excluding hydrogens is 255 g/mol. The van der Waals surface area contributed by atoms with E-state index in [1.54, 1.807) is 13.2 Å². The van der Waals surface area contributed by atoms with E-state index in [-0.39, 0.29) is 12.8 Å². The first-order valence-electron chi connectivity index (χ1n) is 6.36. The van der Waals surface area contributed by atoms with Gasteiger partial charge in [-0.05, 0) is 31.7 Å². The molecule has 0 bridgehead atoms. The van der Waals surface area contributed by atoms with Gasteiger partial charge >= 0.3 is 6.18 Å². The van der Waals surface area contributed by atoms with Gasteiger partial charge in [-0.15, -0.1) is 0 Å². The van der Waals surface area contributed by atoms with Crippen LogP contribution < -0.4 is 10.5 Å². The highest BCUT2D eigenvalue weighted by Crippen LogP contribution is 2.45. The number of ether oxygens (including phenoxy) is 1. The van der Waals surface area contributed by atoms with Crippen molar-refractivity contribution in [2.24, 2.45) is 11.7 Å². The minimum absolute atomic E-state index is 0.0814. The van der Waals surface area contributed by atoms with Gasteiger partial charge in [-0.25, -0.2) is 0 Å². The second-order valence-corrected chi connectivity index (χ2v) is 5.17. The van der Waals surface area contributed by atoms with Gasteiger partial charge in [-0.2, -0.15) is 13.2 Å². The molecule has 1 saturated carbocycles. The molecule has 0 saturated heterocycles. The molecule has 0 aliphatic heterocycles. The summed E-state index contributed by atoms with van der Waals surface area (Å²) in [6, 6.07) is 7.29. The molecule has 1 aliphatic carbocycles. The summed E-state index contributed by atoms with van der Waals surface area (Å²) in [6.07, 6.45) is -3.28. The van der Waals surface area contributed by atoms with Gasteiger partial charge in [0.1, 0.15) is 5.75 Å². The molecular formula is C14H18F3NO. The molecule has 0 radical (unpaired) electrons. The minimum atomic E-state index is -4.11. The SMILES string of the molecule is COc1ccccc1C1(N)CCC(C(F)(F)F)CC1. The second-order valence-electron chi connectivity index (χ2n) is 5.17. The maximum Gasteiger partial charge on any atom is 0.391 e. The lowest BCUT2D eigenvalue weighted by atomic mass is 9.73. The fourth-order valence-electron chi connectivity index (χ4n) is 2.79. The van der Waals surface area contributed by atoms with Crippen LogP contribution >= 0.6 is 0 Å². The van der Waals surface area contributed by atoms with Gasteiger partial charge in [-0.1, -0.05) is 18.2 Å². The molecule has 1 fully saturated rings. The smallest absolute Gasteiger partial charge is 0.391 e. The Labute approximate surface area is 110 Å². The van der Waals surface area contributed by atoms with Crippen molar-refractivity contribution < 1.29 is 17.9 Å². The van der Waals surface area contributed by atoms with Crippen LogP contribution in [0.1, 0.15) is 31.2 Å². The molecule has 2 N–H and O–H groups in total. The van der Waals surface area contributed by atoms with Gasteiger partial charge in [0.2, 0.25) is 0 Å². The number of benzene rings is 1. The molecule has 1 aromatic carbocycles. The predicted molar refractivity (Wildman–Crippen MR) is 66.9 cm³/mol. The normalized spacial score (nSPS) is 28.2. The van der Waals surface area contributed by atoms with Gasteiger partial charge in [0.05, 0.1) is 13.0 Å². The summed E-state index contributed by atoms with van der Waals surface area (Å²) in [7, 11) is 1.55. The van der Waals surface area contributed by atoms with Crippen molar-refractivity contribution in [2.45, 2.75) is 37.4 Å². The summed E-state index contributed by atoms with van der Waals surface area (Å²) in [5, 5.41) is 0. The van der Waals surface area contributed by atoms with Crippen molar-refractivity contribution in [1.82, 2.24) is 0 Å². The maximum absolute atomic E-state index is 12.7. The number of alkyl halides is 3. The first-order chi connectivity index (χ1) is 8.87. The summed E-state index contributed by atoms with van der Waals surface area (Å²) < 4.78 is 43.3. The molecule has 0 aromatic heterocycles. The van der Waals surface area contributed by atoms with Crippen molar-refractivity contribution in [2.75, 3.05) is 7.11 Å². The molecule has 0 spiro atoms. The lowest BCUT2D eigenvalue weighted by Gasteiger charge is -2.38. The molecule has 19 heavy (non-hydrogen) atoms. The Balaban J connectivity index is 2.18. The molecule has 1 aliphatic rings. The lowest BCUT2D eigenvalue weighted by Crippen LogP contribution is -2.43. The zero-order chi connectivity index (χ0) is 14.1. The summed E-state index contributed by atoms with van der Waals surface area (Å²) in [5.41, 5.74) is 6.40. The number of para-hydroxylation sites is 1. The van der Waals surface area contributed by atoms with Crippen molar-refractivity contribution in [3.05, 3.63) is 29.8 Å². The third-order valence-corrected chi connectivity index (χ3v) is 3.98. The summed E-state index contributed by atoms with van der Waals surface area (Å²) >= 11 is 0. The van der Waals surface area contributed by atoms with E-state index in [9.17, 15) is 13.2 Å². The predicted octanol–water partition coefficient (Wildman–Crippen LogP) is 3.60. The molecule has 0 amide bonds. The van der Waals surface area contributed by atoms with Gasteiger partial charge < -0.3 is 10.5 Å². The van der Waals surface area contributed by atoms with Crippen LogP contribution in [0.3, 0.4) is 0 Å². The van der Waals surface area contributed by atoms with E-state index in [0.29, 0.717) is 18.6 Å². The topological polar surface area (TPSA) is 35.2 Å². The van der Waals surface area contributed by atoms with E-state index in [1.165, 1.54) is 0 Å². The van der Waals surface area contributed by atoms with Crippen molar-refractivity contribution in [3.63, 3.8) is 0 Å². The van der Waals surface area contributed by atoms with Gasteiger partial charge in [-0.3, -0.25) is 0 Å². The number of hydrogen-bond acceptors (Lipinski definition) is 2. The van der Waals surface area contributed by atoms with Crippen LogP contribution in [0.4, 0.5) is 13.2 Å². The molecule has 2 nitrogen and oxygen atoms in total. The van der Waals surface area contributed by atoms with E-state index in [2.05, 4.69) is 0 Å². The summed E-state index contributed by atoms with van der Waals surface area (Å²) in [5.74, 6) is -0.575. The fraction of sp³-hybridized carbons (Fsp3) is 0.571. The maximum atomic E-state index is 12.7. The highest BCUT2D eigenvalue weighted by molar-refractivity contribution is 5.39. The van der Waals surface area contributed by atoms with E-state index in [1.807, 2.05) is 18.2 Å². The first kappa shape index (κ1) is 14.2. The molecule has 106 valence electrons. The number of methoxy groups -OCH3 is 1. The van der Waals surface area contributed by atoms with Crippen LogP contribution in [0.15, 0.2) is 24.3 Å². The quantitative estimate of drug-likeness (QED) is 0.893. The number of rotatable bonds is 2. The van der Waals surface area contributed by atoms with Crippen LogP contribution in [0.25, 0.3) is 0 Å². The van der Waals surface area contributed by atoms with Gasteiger partial charge in [0, 0.05) is 11.1 Å². The van der Waals surface area contributed by atoms with Crippen molar-refractivity contribution in [3.8, 4) is 5.75 Å². The van der Waals surface area contributed by atoms with Crippen LogP contribution in [-0.2, 0) is 5.54 Å². The fourth-order valence-corrected chi connectivity index (χ4v) is 2.79. The number of nitrogens with two attached hydrogens (primary N) is 1. The Morgan fingerprint density at radius 2 is 1.79 bits per heavy atom. The van der Waals surface area contributed by atoms with Crippen molar-refractivity contribution in [1.29, 1.82) is 0 Å². The molecule has 2 rings (SSSR count).